The van der Waals surface area contributed by atoms with Crippen molar-refractivity contribution in [3.63, 3.8) is 0 Å². The molecule has 34 heavy (non-hydrogen) atoms. The van der Waals surface area contributed by atoms with Crippen LogP contribution in [-0.2, 0) is 22.2 Å². The fourth-order valence-electron chi connectivity index (χ4n) is 4.05. The second kappa shape index (κ2) is 14.3. The van der Waals surface area contributed by atoms with Crippen LogP contribution in [0.3, 0.4) is 0 Å². The molecule has 1 heterocycles. The first kappa shape index (κ1) is 30.7. The lowest BCUT2D eigenvalue weighted by Gasteiger charge is -2.19. The zero-order valence-electron chi connectivity index (χ0n) is 22.2. The largest absolute Gasteiger partial charge is 1.00 e. The molecule has 5 nitrogen and oxygen atoms in total. The summed E-state index contributed by atoms with van der Waals surface area (Å²) in [7, 11) is -0.441. The molecule has 0 aliphatic rings. The van der Waals surface area contributed by atoms with E-state index in [1.54, 1.807) is 20.4 Å². The smallest absolute Gasteiger partial charge is 0.379 e. The third-order valence-corrected chi connectivity index (χ3v) is 8.02. The van der Waals surface area contributed by atoms with E-state index < -0.39 is 10.2 Å². The maximum absolute atomic E-state index is 13.0. The van der Waals surface area contributed by atoms with Crippen LogP contribution in [0.5, 0.6) is 0 Å². The fourth-order valence-corrected chi connectivity index (χ4v) is 5.04. The van der Waals surface area contributed by atoms with Crippen molar-refractivity contribution in [3.8, 4) is 11.3 Å². The molecule has 0 atom stereocenters. The van der Waals surface area contributed by atoms with Crippen LogP contribution in [0.15, 0.2) is 36.8 Å². The second-order valence-corrected chi connectivity index (χ2v) is 12.5. The quantitative estimate of drug-likeness (QED) is 0.288. The second-order valence-electron chi connectivity index (χ2n) is 10.5. The zero-order chi connectivity index (χ0) is 24.5. The average Bonchev–Trinajstić information content (AvgIpc) is 3.19. The highest BCUT2D eigenvalue weighted by molar-refractivity contribution is 7.87. The Hall–Kier alpha value is -1.37. The van der Waals surface area contributed by atoms with E-state index in [1.807, 2.05) is 22.9 Å². The third kappa shape index (κ3) is 9.01. The summed E-state index contributed by atoms with van der Waals surface area (Å²) in [5, 5.41) is 0. The van der Waals surface area contributed by atoms with Crippen LogP contribution >= 0.6 is 0 Å². The van der Waals surface area contributed by atoms with Crippen LogP contribution in [0, 0.1) is 0 Å². The van der Waals surface area contributed by atoms with Gasteiger partial charge < -0.3 is 12.4 Å². The summed E-state index contributed by atoms with van der Waals surface area (Å²) < 4.78 is 30.7. The molecule has 194 valence electrons. The lowest BCUT2D eigenvalue weighted by molar-refractivity contribution is -0.696. The summed E-state index contributed by atoms with van der Waals surface area (Å²) in [5.74, 6) is 0. The molecule has 2 aromatic rings. The minimum absolute atomic E-state index is 0. The van der Waals surface area contributed by atoms with Crippen molar-refractivity contribution in [2.45, 2.75) is 104 Å². The molecule has 1 aromatic heterocycles. The molecule has 1 aromatic carbocycles. The molecule has 7 heteroatoms. The van der Waals surface area contributed by atoms with Crippen LogP contribution in [0.25, 0.3) is 11.3 Å². The molecule has 0 saturated carbocycles. The van der Waals surface area contributed by atoms with Gasteiger partial charge in [-0.3, -0.25) is 0 Å². The van der Waals surface area contributed by atoms with Crippen LogP contribution < -0.4 is 17.0 Å². The van der Waals surface area contributed by atoms with Crippen molar-refractivity contribution in [3.05, 3.63) is 42.4 Å². The van der Waals surface area contributed by atoms with Gasteiger partial charge in [0, 0.05) is 19.7 Å². The van der Waals surface area contributed by atoms with Crippen LogP contribution in [0.1, 0.15) is 97.5 Å². The van der Waals surface area contributed by atoms with Gasteiger partial charge in [-0.2, -0.15) is 12.7 Å². The molecule has 0 aliphatic heterocycles. The summed E-state index contributed by atoms with van der Waals surface area (Å²) in [6.45, 7) is 9.64. The Balaban J connectivity index is 0.00000578. The number of unbranched alkanes of at least 4 members (excludes halogenated alkanes) is 9. The predicted octanol–water partition coefficient (Wildman–Crippen LogP) is 3.32. The van der Waals surface area contributed by atoms with Crippen molar-refractivity contribution in [1.82, 2.24) is 8.28 Å². The molecule has 0 spiro atoms. The summed E-state index contributed by atoms with van der Waals surface area (Å²) in [4.78, 5) is 0. The van der Waals surface area contributed by atoms with Gasteiger partial charge in [-0.25, -0.2) is 4.57 Å². The van der Waals surface area contributed by atoms with E-state index in [0.717, 1.165) is 18.5 Å². The van der Waals surface area contributed by atoms with Gasteiger partial charge in [0.15, 0.2) is 5.69 Å². The number of nitrogens with zero attached hydrogens (tertiary/aromatic N) is 3. The Bertz CT molecular complexity index is 945. The Morgan fingerprint density at radius 1 is 0.853 bits per heavy atom. The van der Waals surface area contributed by atoms with Gasteiger partial charge >= 0.3 is 10.2 Å². The van der Waals surface area contributed by atoms with Crippen molar-refractivity contribution >= 4 is 10.2 Å². The minimum atomic E-state index is -3.60. The van der Waals surface area contributed by atoms with Crippen LogP contribution in [0.4, 0.5) is 0 Å². The third-order valence-electron chi connectivity index (χ3n) is 6.31. The number of hydrogen-bond donors (Lipinski definition) is 0. The molecule has 0 aliphatic carbocycles. The lowest BCUT2D eigenvalue weighted by Crippen LogP contribution is -3.00. The fraction of sp³-hybridized carbons (Fsp3) is 0.667. The van der Waals surface area contributed by atoms with Crippen molar-refractivity contribution in [2.75, 3.05) is 14.1 Å². The SMILES string of the molecule is CCCCCCCCCCCC[n+]1cc(-c2ccc(C(C)(C)C)cc2)n(S(=O)(=O)N(C)C)c1.[Cl-]. The van der Waals surface area contributed by atoms with Gasteiger partial charge in [0.2, 0.25) is 0 Å². The number of imidazole rings is 1. The molecule has 0 bridgehead atoms. The van der Waals surface area contributed by atoms with Gasteiger partial charge in [0.25, 0.3) is 6.33 Å². The van der Waals surface area contributed by atoms with E-state index >= 15 is 0 Å². The average molecular weight is 512 g/mol. The van der Waals surface area contributed by atoms with E-state index in [0.29, 0.717) is 5.69 Å². The van der Waals surface area contributed by atoms with Gasteiger partial charge in [-0.05, 0) is 23.8 Å². The summed E-state index contributed by atoms with van der Waals surface area (Å²) in [5.41, 5.74) is 2.91. The molecular weight excluding hydrogens is 466 g/mol. The van der Waals surface area contributed by atoms with Gasteiger partial charge in [-0.1, -0.05) is 103 Å². The molecule has 0 radical (unpaired) electrons. The van der Waals surface area contributed by atoms with Crippen molar-refractivity contribution in [1.29, 1.82) is 0 Å². The van der Waals surface area contributed by atoms with Gasteiger partial charge in [0.05, 0.1) is 6.54 Å². The van der Waals surface area contributed by atoms with E-state index in [2.05, 4.69) is 39.8 Å². The van der Waals surface area contributed by atoms with E-state index in [1.165, 1.54) is 71.6 Å². The molecular formula is C27H46ClN3O2S. The monoisotopic (exact) mass is 511 g/mol. The number of halogens is 1. The minimum Gasteiger partial charge on any atom is -1.00 e. The molecule has 0 fully saturated rings. The van der Waals surface area contributed by atoms with E-state index in [9.17, 15) is 8.42 Å². The number of aryl methyl sites for hydroxylation is 1. The van der Waals surface area contributed by atoms with Crippen LogP contribution in [0.2, 0.25) is 0 Å². The first-order chi connectivity index (χ1) is 15.6. The molecule has 0 saturated heterocycles. The van der Waals surface area contributed by atoms with Crippen LogP contribution in [-0.4, -0.2) is 30.8 Å². The number of hydrogen-bond acceptors (Lipinski definition) is 2. The van der Waals surface area contributed by atoms with Gasteiger partial charge in [0.1, 0.15) is 6.20 Å². The topological polar surface area (TPSA) is 46.2 Å². The summed E-state index contributed by atoms with van der Waals surface area (Å²) in [6.07, 6.45) is 16.6. The van der Waals surface area contributed by atoms with Crippen molar-refractivity contribution in [2.24, 2.45) is 0 Å². The lowest BCUT2D eigenvalue weighted by atomic mass is 9.86. The van der Waals surface area contributed by atoms with Crippen molar-refractivity contribution < 1.29 is 25.4 Å². The first-order valence-electron chi connectivity index (χ1n) is 12.7. The van der Waals surface area contributed by atoms with Gasteiger partial charge in [-0.15, -0.1) is 3.97 Å². The predicted molar refractivity (Wildman–Crippen MR) is 139 cm³/mol. The highest BCUT2D eigenvalue weighted by Gasteiger charge is 2.29. The summed E-state index contributed by atoms with van der Waals surface area (Å²) >= 11 is 0. The maximum Gasteiger partial charge on any atom is 0.379 e. The highest BCUT2D eigenvalue weighted by atomic mass is 35.5. The molecule has 0 N–H and O–H groups in total. The molecule has 2 rings (SSSR count). The molecule has 0 unspecified atom stereocenters. The van der Waals surface area contributed by atoms with E-state index in [4.69, 9.17) is 0 Å². The maximum atomic E-state index is 13.0. The molecule has 0 amide bonds. The Kier molecular flexibility index (Phi) is 12.9. The Morgan fingerprint density at radius 3 is 1.82 bits per heavy atom. The number of aromatic nitrogens is 2. The van der Waals surface area contributed by atoms with E-state index in [-0.39, 0.29) is 17.8 Å². The normalized spacial score (nSPS) is 12.2. The highest BCUT2D eigenvalue weighted by Crippen LogP contribution is 2.26. The first-order valence-corrected chi connectivity index (χ1v) is 14.1. The Labute approximate surface area is 215 Å². The number of rotatable bonds is 14. The summed E-state index contributed by atoms with van der Waals surface area (Å²) in [6, 6.07) is 8.26. The number of benzene rings is 1. The Morgan fingerprint density at radius 2 is 1.35 bits per heavy atom. The standard InChI is InChI=1S/C27H46N3O2S.ClH/c1-7-8-9-10-11-12-13-14-15-16-21-29-22-26(30(23-29)33(31,32)28(5)6)24-17-19-25(20-18-24)27(2,3)4;/h17-20,22-23H,7-16,21H2,1-6H3;1H/q+1;/p-1. The zero-order valence-corrected chi connectivity index (χ0v) is 23.8.